The van der Waals surface area contributed by atoms with Gasteiger partial charge in [-0.15, -0.1) is 0 Å². The molecular formula is C14H20N2O. The van der Waals surface area contributed by atoms with Gasteiger partial charge in [-0.25, -0.2) is 0 Å². The van der Waals surface area contributed by atoms with Crippen LogP contribution in [0.2, 0.25) is 0 Å². The van der Waals surface area contributed by atoms with Crippen molar-refractivity contribution in [1.82, 2.24) is 5.32 Å². The summed E-state index contributed by atoms with van der Waals surface area (Å²) in [4.78, 5) is 12.2. The molecule has 1 fully saturated rings. The Hall–Kier alpha value is -1.35. The van der Waals surface area contributed by atoms with E-state index in [-0.39, 0.29) is 17.4 Å². The maximum Gasteiger partial charge on any atom is 0.230 e. The van der Waals surface area contributed by atoms with Gasteiger partial charge in [0.2, 0.25) is 5.91 Å². The minimum atomic E-state index is -0.251. The molecular weight excluding hydrogens is 212 g/mol. The number of hydrogen-bond acceptors (Lipinski definition) is 2. The van der Waals surface area contributed by atoms with Crippen LogP contribution in [0, 0.1) is 0 Å². The summed E-state index contributed by atoms with van der Waals surface area (Å²) >= 11 is 0. The molecule has 0 radical (unpaired) electrons. The Balaban J connectivity index is 1.95. The number of benzene rings is 1. The molecule has 3 heteroatoms. The van der Waals surface area contributed by atoms with Crippen LogP contribution in [0.5, 0.6) is 0 Å². The summed E-state index contributed by atoms with van der Waals surface area (Å²) in [5, 5.41) is 3.00. The van der Waals surface area contributed by atoms with Gasteiger partial charge in [-0.05, 0) is 31.7 Å². The molecule has 0 heterocycles. The third-order valence-corrected chi connectivity index (χ3v) is 3.40. The van der Waals surface area contributed by atoms with Gasteiger partial charge in [0.25, 0.3) is 0 Å². The van der Waals surface area contributed by atoms with Crippen molar-refractivity contribution in [3.63, 3.8) is 0 Å². The maximum absolute atomic E-state index is 12.2. The molecule has 0 bridgehead atoms. The third kappa shape index (κ3) is 2.67. The molecule has 2 rings (SSSR count). The maximum atomic E-state index is 12.2. The van der Waals surface area contributed by atoms with Gasteiger partial charge in [0.1, 0.15) is 0 Å². The van der Waals surface area contributed by atoms with E-state index in [0.29, 0.717) is 6.54 Å². The zero-order valence-electron chi connectivity index (χ0n) is 10.3. The normalized spacial score (nSPS) is 18.5. The van der Waals surface area contributed by atoms with E-state index in [4.69, 9.17) is 5.73 Å². The molecule has 0 aliphatic heterocycles. The van der Waals surface area contributed by atoms with Crippen LogP contribution in [0.1, 0.15) is 31.7 Å². The van der Waals surface area contributed by atoms with Gasteiger partial charge >= 0.3 is 0 Å². The predicted octanol–water partition coefficient (Wildman–Crippen LogP) is 1.57. The van der Waals surface area contributed by atoms with Crippen molar-refractivity contribution in [1.29, 1.82) is 0 Å². The average molecular weight is 232 g/mol. The highest BCUT2D eigenvalue weighted by atomic mass is 16.2. The molecule has 1 unspecified atom stereocenters. The molecule has 1 aliphatic carbocycles. The molecule has 1 amide bonds. The van der Waals surface area contributed by atoms with Gasteiger partial charge in [-0.3, -0.25) is 4.79 Å². The van der Waals surface area contributed by atoms with Gasteiger partial charge < -0.3 is 11.1 Å². The van der Waals surface area contributed by atoms with Crippen molar-refractivity contribution in [3.05, 3.63) is 35.9 Å². The minimum Gasteiger partial charge on any atom is -0.355 e. The fourth-order valence-corrected chi connectivity index (χ4v) is 2.11. The van der Waals surface area contributed by atoms with Crippen LogP contribution < -0.4 is 11.1 Å². The second-order valence-corrected chi connectivity index (χ2v) is 4.97. The Morgan fingerprint density at radius 2 is 2.06 bits per heavy atom. The Morgan fingerprint density at radius 3 is 2.59 bits per heavy atom. The van der Waals surface area contributed by atoms with Crippen LogP contribution in [-0.2, 0) is 10.2 Å². The fourth-order valence-electron chi connectivity index (χ4n) is 2.11. The number of nitrogens with two attached hydrogens (primary N) is 1. The molecule has 3 nitrogen and oxygen atoms in total. The van der Waals surface area contributed by atoms with Crippen LogP contribution in [-0.4, -0.2) is 18.5 Å². The van der Waals surface area contributed by atoms with Crippen molar-refractivity contribution < 1.29 is 4.79 Å². The summed E-state index contributed by atoms with van der Waals surface area (Å²) in [5.74, 6) is 0.157. The zero-order chi connectivity index (χ0) is 12.3. The van der Waals surface area contributed by atoms with E-state index < -0.39 is 0 Å². The number of carbonyl (C=O) groups excluding carboxylic acids is 1. The van der Waals surface area contributed by atoms with Crippen LogP contribution in [0.4, 0.5) is 0 Å². The van der Waals surface area contributed by atoms with Gasteiger partial charge in [0, 0.05) is 12.6 Å². The lowest BCUT2D eigenvalue weighted by Gasteiger charge is -2.16. The van der Waals surface area contributed by atoms with Gasteiger partial charge in [0.15, 0.2) is 0 Å². The van der Waals surface area contributed by atoms with Crippen molar-refractivity contribution in [2.45, 2.75) is 37.6 Å². The SMILES string of the molecule is CC(N)CCNC(=O)C1(c2ccccc2)CC1. The second-order valence-electron chi connectivity index (χ2n) is 4.97. The Bertz CT molecular complexity index is 382. The van der Waals surface area contributed by atoms with Crippen LogP contribution in [0.3, 0.4) is 0 Å². The van der Waals surface area contributed by atoms with Gasteiger partial charge in [-0.2, -0.15) is 0 Å². The molecule has 92 valence electrons. The highest BCUT2D eigenvalue weighted by Crippen LogP contribution is 2.48. The fraction of sp³-hybridized carbons (Fsp3) is 0.500. The monoisotopic (exact) mass is 232 g/mol. The van der Waals surface area contributed by atoms with Crippen molar-refractivity contribution in [2.75, 3.05) is 6.54 Å². The second kappa shape index (κ2) is 4.88. The summed E-state index contributed by atoms with van der Waals surface area (Å²) in [6.45, 7) is 2.63. The minimum absolute atomic E-state index is 0.141. The van der Waals surface area contributed by atoms with Crippen LogP contribution in [0.25, 0.3) is 0 Å². The molecule has 1 atom stereocenters. The standard InChI is InChI=1S/C14H20N2O/c1-11(15)7-10-16-13(17)14(8-9-14)12-5-3-2-4-6-12/h2-6,11H,7-10,15H2,1H3,(H,16,17). The Kier molecular flexibility index (Phi) is 3.48. The number of hydrogen-bond donors (Lipinski definition) is 2. The van der Waals surface area contributed by atoms with E-state index in [1.54, 1.807) is 0 Å². The van der Waals surface area contributed by atoms with E-state index in [2.05, 4.69) is 5.32 Å². The van der Waals surface area contributed by atoms with E-state index in [9.17, 15) is 4.79 Å². The topological polar surface area (TPSA) is 55.1 Å². The van der Waals surface area contributed by atoms with Crippen molar-refractivity contribution in [3.8, 4) is 0 Å². The summed E-state index contributed by atoms with van der Waals surface area (Å²) in [6.07, 6.45) is 2.75. The number of carbonyl (C=O) groups is 1. The smallest absolute Gasteiger partial charge is 0.230 e. The third-order valence-electron chi connectivity index (χ3n) is 3.40. The first-order chi connectivity index (χ1) is 8.15. The number of rotatable bonds is 5. The first-order valence-corrected chi connectivity index (χ1v) is 6.24. The summed E-state index contributed by atoms with van der Waals surface area (Å²) in [7, 11) is 0. The predicted molar refractivity (Wildman–Crippen MR) is 68.6 cm³/mol. The highest BCUT2D eigenvalue weighted by Gasteiger charge is 2.50. The largest absolute Gasteiger partial charge is 0.355 e. The molecule has 1 aromatic carbocycles. The summed E-state index contributed by atoms with van der Waals surface area (Å²) < 4.78 is 0. The molecule has 1 saturated carbocycles. The van der Waals surface area contributed by atoms with E-state index in [1.807, 2.05) is 37.3 Å². The number of nitrogens with one attached hydrogen (secondary N) is 1. The van der Waals surface area contributed by atoms with E-state index in [1.165, 1.54) is 0 Å². The quantitative estimate of drug-likeness (QED) is 0.809. The Labute approximate surface area is 102 Å². The van der Waals surface area contributed by atoms with Crippen LogP contribution in [0.15, 0.2) is 30.3 Å². The zero-order valence-corrected chi connectivity index (χ0v) is 10.3. The van der Waals surface area contributed by atoms with Crippen molar-refractivity contribution in [2.24, 2.45) is 5.73 Å². The average Bonchev–Trinajstić information content (AvgIpc) is 3.11. The van der Waals surface area contributed by atoms with Gasteiger partial charge in [0.05, 0.1) is 5.41 Å². The molecule has 17 heavy (non-hydrogen) atoms. The lowest BCUT2D eigenvalue weighted by Crippen LogP contribution is -2.36. The highest BCUT2D eigenvalue weighted by molar-refractivity contribution is 5.91. The van der Waals surface area contributed by atoms with E-state index in [0.717, 1.165) is 24.8 Å². The number of amides is 1. The molecule has 0 spiro atoms. The van der Waals surface area contributed by atoms with Crippen LogP contribution >= 0.6 is 0 Å². The summed E-state index contributed by atoms with van der Waals surface area (Å²) in [5.41, 5.74) is 6.55. The molecule has 1 aliphatic rings. The molecule has 1 aromatic rings. The lowest BCUT2D eigenvalue weighted by atomic mass is 9.95. The van der Waals surface area contributed by atoms with E-state index >= 15 is 0 Å². The molecule has 0 saturated heterocycles. The first-order valence-electron chi connectivity index (χ1n) is 6.24. The van der Waals surface area contributed by atoms with Crippen molar-refractivity contribution >= 4 is 5.91 Å². The molecule has 0 aromatic heterocycles. The molecule has 3 N–H and O–H groups in total. The first kappa shape index (κ1) is 12.1. The lowest BCUT2D eigenvalue weighted by molar-refractivity contribution is -0.123. The Morgan fingerprint density at radius 1 is 1.41 bits per heavy atom. The summed E-state index contributed by atoms with van der Waals surface area (Å²) in [6, 6.07) is 10.2. The van der Waals surface area contributed by atoms with Gasteiger partial charge in [-0.1, -0.05) is 30.3 Å².